The number of nitrogens with one attached hydrogen (secondary N) is 1. The third-order valence-electron chi connectivity index (χ3n) is 17.7. The van der Waals surface area contributed by atoms with Crippen molar-refractivity contribution in [3.05, 3.63) is 24.3 Å². The van der Waals surface area contributed by atoms with Crippen molar-refractivity contribution in [3.8, 4) is 0 Å². The number of rotatable bonds is 71. The smallest absolute Gasteiger partial charge is 0.305 e. The Bertz CT molecular complexity index is 1280. The van der Waals surface area contributed by atoms with E-state index in [1.165, 1.54) is 353 Å². The Morgan fingerprint density at radius 2 is 0.573 bits per heavy atom. The summed E-state index contributed by atoms with van der Waals surface area (Å²) in [6.45, 7) is 4.93. The number of esters is 1. The lowest BCUT2D eigenvalue weighted by Gasteiger charge is -2.20. The number of amides is 1. The highest BCUT2D eigenvalue weighted by molar-refractivity contribution is 5.76. The molecule has 0 rings (SSSR count). The standard InChI is InChI=1S/C76H147NO5/c1-3-5-7-9-11-13-15-17-18-43-46-50-54-58-62-66-70-76(81)82-71-67-63-59-55-51-47-44-41-39-37-35-33-31-29-27-25-23-21-19-20-22-24-26-28-30-32-34-36-38-40-42-45-49-53-57-61-65-69-75(80)77-73(72-78)74(79)68-64-60-56-52-48-16-14-12-10-8-6-4-2/h18,43,64,68,73-74,78-79H,3-17,19-42,44-63,65-67,69-72H2,1-2H3,(H,77,80)/b43-18-,68-64+. The number of carbonyl (C=O) groups excluding carboxylic acids is 2. The number of hydrogen-bond acceptors (Lipinski definition) is 5. The SMILES string of the molecule is CCCCCCCCC/C=C\CCCCCCCC(=O)OCCCCCCCCCCCCCCCCCCCCCCCCCCCCCCCCCCCCCCCC(=O)NC(CO)C(O)/C=C/CCCCCCCCCCCC. The molecule has 486 valence electrons. The van der Waals surface area contributed by atoms with Crippen LogP contribution in [-0.4, -0.2) is 47.4 Å². The molecule has 6 nitrogen and oxygen atoms in total. The molecule has 0 radical (unpaired) electrons. The lowest BCUT2D eigenvalue weighted by Crippen LogP contribution is -2.45. The Morgan fingerprint density at radius 1 is 0.329 bits per heavy atom. The zero-order valence-electron chi connectivity index (χ0n) is 55.8. The molecule has 0 bridgehead atoms. The fourth-order valence-electron chi connectivity index (χ4n) is 12.0. The van der Waals surface area contributed by atoms with Crippen LogP contribution in [0.5, 0.6) is 0 Å². The number of aliphatic hydroxyl groups is 2. The van der Waals surface area contributed by atoms with Gasteiger partial charge in [0.2, 0.25) is 5.91 Å². The minimum absolute atomic E-state index is 0.0164. The van der Waals surface area contributed by atoms with E-state index in [9.17, 15) is 19.8 Å². The van der Waals surface area contributed by atoms with Gasteiger partial charge in [-0.3, -0.25) is 9.59 Å². The van der Waals surface area contributed by atoms with E-state index in [0.717, 1.165) is 44.9 Å². The van der Waals surface area contributed by atoms with Gasteiger partial charge >= 0.3 is 5.97 Å². The van der Waals surface area contributed by atoms with Crippen molar-refractivity contribution in [1.82, 2.24) is 5.32 Å². The van der Waals surface area contributed by atoms with Crippen LogP contribution in [0.25, 0.3) is 0 Å². The average Bonchev–Trinajstić information content (AvgIpc) is 3.48. The average molecular weight is 1160 g/mol. The molecule has 0 aliphatic carbocycles. The first-order valence-electron chi connectivity index (χ1n) is 37.6. The molecule has 0 aliphatic heterocycles. The van der Waals surface area contributed by atoms with E-state index in [2.05, 4.69) is 31.3 Å². The normalized spacial score (nSPS) is 12.6. The second-order valence-electron chi connectivity index (χ2n) is 26.0. The van der Waals surface area contributed by atoms with E-state index in [0.29, 0.717) is 19.4 Å². The van der Waals surface area contributed by atoms with Crippen molar-refractivity contribution in [2.45, 2.75) is 437 Å². The summed E-state index contributed by atoms with van der Waals surface area (Å²) in [5, 5.41) is 23.1. The van der Waals surface area contributed by atoms with Gasteiger partial charge in [-0.05, 0) is 57.8 Å². The number of carbonyl (C=O) groups is 2. The van der Waals surface area contributed by atoms with Crippen molar-refractivity contribution in [2.75, 3.05) is 13.2 Å². The highest BCUT2D eigenvalue weighted by Gasteiger charge is 2.18. The van der Waals surface area contributed by atoms with Crippen LogP contribution in [0.2, 0.25) is 0 Å². The molecule has 0 aromatic carbocycles. The Balaban J connectivity index is 3.29. The van der Waals surface area contributed by atoms with Gasteiger partial charge in [0.25, 0.3) is 0 Å². The predicted molar refractivity (Wildman–Crippen MR) is 361 cm³/mol. The molecule has 0 spiro atoms. The van der Waals surface area contributed by atoms with Crippen LogP contribution < -0.4 is 5.32 Å². The van der Waals surface area contributed by atoms with E-state index in [1.54, 1.807) is 6.08 Å². The molecule has 3 N–H and O–H groups in total. The summed E-state index contributed by atoms with van der Waals surface area (Å²) >= 11 is 0. The zero-order valence-corrected chi connectivity index (χ0v) is 55.8. The molecule has 2 unspecified atom stereocenters. The molecule has 0 heterocycles. The molecule has 1 amide bonds. The lowest BCUT2D eigenvalue weighted by molar-refractivity contribution is -0.143. The molecule has 82 heavy (non-hydrogen) atoms. The third kappa shape index (κ3) is 67.5. The van der Waals surface area contributed by atoms with Gasteiger partial charge in [-0.25, -0.2) is 0 Å². The van der Waals surface area contributed by atoms with E-state index < -0.39 is 12.1 Å². The Morgan fingerprint density at radius 3 is 0.866 bits per heavy atom. The topological polar surface area (TPSA) is 95.9 Å². The third-order valence-corrected chi connectivity index (χ3v) is 17.7. The molecule has 6 heteroatoms. The fraction of sp³-hybridized carbons (Fsp3) is 0.921. The van der Waals surface area contributed by atoms with E-state index >= 15 is 0 Å². The number of aliphatic hydroxyl groups excluding tert-OH is 2. The summed E-state index contributed by atoms with van der Waals surface area (Å²) in [5.41, 5.74) is 0. The van der Waals surface area contributed by atoms with Gasteiger partial charge in [-0.15, -0.1) is 0 Å². The van der Waals surface area contributed by atoms with Crippen LogP contribution in [-0.2, 0) is 14.3 Å². The van der Waals surface area contributed by atoms with Gasteiger partial charge < -0.3 is 20.3 Å². The summed E-state index contributed by atoms with van der Waals surface area (Å²) in [6.07, 6.45) is 91.6. The molecule has 0 saturated heterocycles. The number of unbranched alkanes of at least 4 members (excludes halogenated alkanes) is 58. The highest BCUT2D eigenvalue weighted by atomic mass is 16.5. The van der Waals surface area contributed by atoms with Crippen LogP contribution in [0, 0.1) is 0 Å². The van der Waals surface area contributed by atoms with Crippen molar-refractivity contribution >= 4 is 11.9 Å². The highest BCUT2D eigenvalue weighted by Crippen LogP contribution is 2.19. The van der Waals surface area contributed by atoms with Gasteiger partial charge in [0, 0.05) is 12.8 Å². The molecule has 0 saturated carbocycles. The second kappa shape index (κ2) is 71.8. The molecular formula is C76H147NO5. The molecule has 0 aliphatic rings. The summed E-state index contributed by atoms with van der Waals surface area (Å²) < 4.78 is 5.50. The monoisotopic (exact) mass is 1150 g/mol. The van der Waals surface area contributed by atoms with Crippen molar-refractivity contribution < 1.29 is 24.5 Å². The van der Waals surface area contributed by atoms with E-state index in [1.807, 2.05) is 6.08 Å². The fourth-order valence-corrected chi connectivity index (χ4v) is 12.0. The summed E-state index contributed by atoms with van der Waals surface area (Å²) in [7, 11) is 0. The van der Waals surface area contributed by atoms with Crippen molar-refractivity contribution in [3.63, 3.8) is 0 Å². The Labute approximate surface area is 513 Å². The molecule has 0 aromatic heterocycles. The molecule has 0 aromatic rings. The first kappa shape index (κ1) is 80.3. The number of ether oxygens (including phenoxy) is 1. The Kier molecular flexibility index (Phi) is 70.4. The van der Waals surface area contributed by atoms with Crippen molar-refractivity contribution in [2.24, 2.45) is 0 Å². The van der Waals surface area contributed by atoms with Crippen LogP contribution >= 0.6 is 0 Å². The minimum atomic E-state index is -0.839. The predicted octanol–water partition coefficient (Wildman–Crippen LogP) is 24.5. The summed E-state index contributed by atoms with van der Waals surface area (Å²) in [6, 6.07) is -0.622. The van der Waals surface area contributed by atoms with Crippen molar-refractivity contribution in [1.29, 1.82) is 0 Å². The largest absolute Gasteiger partial charge is 0.466 e. The second-order valence-corrected chi connectivity index (χ2v) is 26.0. The summed E-state index contributed by atoms with van der Waals surface area (Å²) in [5.74, 6) is -0.0445. The lowest BCUT2D eigenvalue weighted by atomic mass is 10.0. The summed E-state index contributed by atoms with van der Waals surface area (Å²) in [4.78, 5) is 24.5. The van der Waals surface area contributed by atoms with Crippen LogP contribution in [0.15, 0.2) is 24.3 Å². The first-order valence-corrected chi connectivity index (χ1v) is 37.6. The van der Waals surface area contributed by atoms with Gasteiger partial charge in [0.1, 0.15) is 0 Å². The van der Waals surface area contributed by atoms with Gasteiger partial charge in [-0.2, -0.15) is 0 Å². The number of allylic oxidation sites excluding steroid dienone is 3. The molecule has 0 fully saturated rings. The van der Waals surface area contributed by atoms with Gasteiger partial charge in [0.05, 0.1) is 25.4 Å². The molecule has 2 atom stereocenters. The maximum atomic E-state index is 12.5. The van der Waals surface area contributed by atoms with Gasteiger partial charge in [0.15, 0.2) is 0 Å². The van der Waals surface area contributed by atoms with E-state index in [-0.39, 0.29) is 18.5 Å². The number of hydrogen-bond donors (Lipinski definition) is 3. The maximum absolute atomic E-state index is 12.5. The first-order chi connectivity index (χ1) is 40.5. The van der Waals surface area contributed by atoms with Crippen LogP contribution in [0.4, 0.5) is 0 Å². The van der Waals surface area contributed by atoms with E-state index in [4.69, 9.17) is 4.74 Å². The zero-order chi connectivity index (χ0) is 59.2. The Hall–Kier alpha value is -1.66. The molecular weight excluding hydrogens is 1010 g/mol. The van der Waals surface area contributed by atoms with Gasteiger partial charge in [-0.1, -0.05) is 378 Å². The van der Waals surface area contributed by atoms with Crippen LogP contribution in [0.1, 0.15) is 425 Å². The quantitative estimate of drug-likeness (QED) is 0.0320. The minimum Gasteiger partial charge on any atom is -0.466 e. The van der Waals surface area contributed by atoms with Crippen LogP contribution in [0.3, 0.4) is 0 Å². The maximum Gasteiger partial charge on any atom is 0.305 e.